The third-order valence-corrected chi connectivity index (χ3v) is 3.22. The van der Waals surface area contributed by atoms with E-state index in [4.69, 9.17) is 10.5 Å². The van der Waals surface area contributed by atoms with Crippen LogP contribution in [0.15, 0.2) is 28.3 Å². The van der Waals surface area contributed by atoms with Crippen LogP contribution in [-0.2, 0) is 6.42 Å². The molecule has 1 aromatic heterocycles. The van der Waals surface area contributed by atoms with Gasteiger partial charge < -0.3 is 10.5 Å². The van der Waals surface area contributed by atoms with Crippen molar-refractivity contribution in [3.63, 3.8) is 0 Å². The predicted octanol–water partition coefficient (Wildman–Crippen LogP) is 2.11. The number of hydrogen-bond acceptors (Lipinski definition) is 5. The molecular weight excluding hydrogens is 236 g/mol. The summed E-state index contributed by atoms with van der Waals surface area (Å²) in [5.74, 6) is 1.62. The van der Waals surface area contributed by atoms with Crippen molar-refractivity contribution in [2.45, 2.75) is 23.4 Å². The zero-order valence-corrected chi connectivity index (χ0v) is 10.5. The maximum absolute atomic E-state index is 5.92. The van der Waals surface area contributed by atoms with Crippen molar-refractivity contribution in [3.05, 3.63) is 24.0 Å². The molecule has 2 aromatic rings. The summed E-state index contributed by atoms with van der Waals surface area (Å²) in [7, 11) is 1.62. The molecule has 2 rings (SSSR count). The number of aryl methyl sites for hydroxylation is 1. The Labute approximate surface area is 104 Å². The van der Waals surface area contributed by atoms with Crippen LogP contribution in [0.25, 0.3) is 0 Å². The van der Waals surface area contributed by atoms with E-state index in [1.807, 2.05) is 19.1 Å². The Kier molecular flexibility index (Phi) is 3.53. The molecule has 1 aromatic carbocycles. The van der Waals surface area contributed by atoms with Crippen LogP contribution in [0, 0.1) is 0 Å². The largest absolute Gasteiger partial charge is 0.497 e. The number of H-pyrrole nitrogens is 1. The highest BCUT2D eigenvalue weighted by molar-refractivity contribution is 7.99. The Hall–Kier alpha value is -1.69. The number of nitrogens with two attached hydrogens (primary N) is 1. The number of benzene rings is 1. The molecule has 5 nitrogen and oxygen atoms in total. The fraction of sp³-hybridized carbons (Fsp3) is 0.273. The van der Waals surface area contributed by atoms with Gasteiger partial charge >= 0.3 is 0 Å². The highest BCUT2D eigenvalue weighted by atomic mass is 32.2. The Morgan fingerprint density at radius 2 is 2.29 bits per heavy atom. The number of nitrogens with one attached hydrogen (secondary N) is 1. The molecule has 0 saturated carbocycles. The number of aromatic nitrogens is 3. The zero-order valence-electron chi connectivity index (χ0n) is 9.73. The van der Waals surface area contributed by atoms with Crippen LogP contribution in [-0.4, -0.2) is 22.3 Å². The van der Waals surface area contributed by atoms with Gasteiger partial charge in [0.1, 0.15) is 11.6 Å². The molecule has 90 valence electrons. The molecule has 3 N–H and O–H groups in total. The number of ether oxygens (including phenoxy) is 1. The summed E-state index contributed by atoms with van der Waals surface area (Å²) in [5, 5.41) is 7.66. The van der Waals surface area contributed by atoms with Gasteiger partial charge in [-0.1, -0.05) is 6.92 Å². The maximum atomic E-state index is 5.92. The molecule has 0 saturated heterocycles. The number of methoxy groups -OCH3 is 1. The summed E-state index contributed by atoms with van der Waals surface area (Å²) < 4.78 is 5.10. The normalized spacial score (nSPS) is 10.5. The van der Waals surface area contributed by atoms with Gasteiger partial charge in [0.25, 0.3) is 0 Å². The average Bonchev–Trinajstić information content (AvgIpc) is 2.79. The minimum absolute atomic E-state index is 0.664. The molecule has 0 spiro atoms. The van der Waals surface area contributed by atoms with Crippen LogP contribution in [0.4, 0.5) is 5.69 Å². The topological polar surface area (TPSA) is 76.8 Å². The molecule has 0 atom stereocenters. The molecule has 0 aliphatic carbocycles. The second-order valence-corrected chi connectivity index (χ2v) is 4.43. The monoisotopic (exact) mass is 250 g/mol. The van der Waals surface area contributed by atoms with E-state index in [0.717, 1.165) is 22.9 Å². The minimum atomic E-state index is 0.664. The van der Waals surface area contributed by atoms with Gasteiger partial charge in [0, 0.05) is 23.1 Å². The number of anilines is 1. The van der Waals surface area contributed by atoms with Crippen molar-refractivity contribution < 1.29 is 4.74 Å². The van der Waals surface area contributed by atoms with Crippen LogP contribution in [0.1, 0.15) is 12.7 Å². The second kappa shape index (κ2) is 5.09. The Bertz CT molecular complexity index is 512. The molecule has 0 aliphatic rings. The Morgan fingerprint density at radius 1 is 1.47 bits per heavy atom. The summed E-state index contributed by atoms with van der Waals surface area (Å²) in [6, 6.07) is 5.56. The Balaban J connectivity index is 2.18. The smallest absolute Gasteiger partial charge is 0.213 e. The number of aromatic amines is 1. The molecule has 1 heterocycles. The molecule has 0 unspecified atom stereocenters. The summed E-state index contributed by atoms with van der Waals surface area (Å²) in [6.45, 7) is 2.02. The standard InChI is InChI=1S/C11H14N4OS/c1-3-10-13-11(15-14-10)17-9-5-4-7(16-2)6-8(9)12/h4-6H,3,12H2,1-2H3,(H,13,14,15). The molecule has 0 amide bonds. The van der Waals surface area contributed by atoms with Gasteiger partial charge in [-0.2, -0.15) is 0 Å². The fourth-order valence-electron chi connectivity index (χ4n) is 1.33. The predicted molar refractivity (Wildman–Crippen MR) is 67.3 cm³/mol. The first-order valence-electron chi connectivity index (χ1n) is 5.25. The molecule has 17 heavy (non-hydrogen) atoms. The molecule has 0 fully saturated rings. The maximum Gasteiger partial charge on any atom is 0.213 e. The lowest BCUT2D eigenvalue weighted by molar-refractivity contribution is 0.415. The van der Waals surface area contributed by atoms with Crippen LogP contribution in [0.5, 0.6) is 5.75 Å². The van der Waals surface area contributed by atoms with E-state index in [1.165, 1.54) is 11.8 Å². The number of nitrogens with zero attached hydrogens (tertiary/aromatic N) is 2. The van der Waals surface area contributed by atoms with Gasteiger partial charge in [0.05, 0.1) is 7.11 Å². The molecule has 6 heteroatoms. The first-order valence-corrected chi connectivity index (χ1v) is 6.07. The lowest BCUT2D eigenvalue weighted by Crippen LogP contribution is -1.91. The van der Waals surface area contributed by atoms with Gasteiger partial charge in [0.15, 0.2) is 0 Å². The van der Waals surface area contributed by atoms with E-state index < -0.39 is 0 Å². The van der Waals surface area contributed by atoms with E-state index in [1.54, 1.807) is 13.2 Å². The van der Waals surface area contributed by atoms with Crippen molar-refractivity contribution in [2.75, 3.05) is 12.8 Å². The first kappa shape index (κ1) is 11.8. The van der Waals surface area contributed by atoms with Crippen molar-refractivity contribution in [3.8, 4) is 5.75 Å². The van der Waals surface area contributed by atoms with Gasteiger partial charge in [-0.25, -0.2) is 4.98 Å². The molecule has 0 radical (unpaired) electrons. The Morgan fingerprint density at radius 3 is 2.88 bits per heavy atom. The van der Waals surface area contributed by atoms with Crippen LogP contribution in [0.3, 0.4) is 0 Å². The summed E-state index contributed by atoms with van der Waals surface area (Å²) >= 11 is 1.44. The second-order valence-electron chi connectivity index (χ2n) is 3.42. The first-order chi connectivity index (χ1) is 8.22. The summed E-state index contributed by atoms with van der Waals surface area (Å²) in [4.78, 5) is 5.24. The van der Waals surface area contributed by atoms with E-state index in [2.05, 4.69) is 15.2 Å². The fourth-order valence-corrected chi connectivity index (χ4v) is 2.08. The molecular formula is C11H14N4OS. The average molecular weight is 250 g/mol. The van der Waals surface area contributed by atoms with E-state index in [-0.39, 0.29) is 0 Å². The highest BCUT2D eigenvalue weighted by Crippen LogP contribution is 2.32. The third-order valence-electron chi connectivity index (χ3n) is 2.26. The van der Waals surface area contributed by atoms with Crippen LogP contribution in [0.2, 0.25) is 0 Å². The number of hydrogen-bond donors (Lipinski definition) is 2. The van der Waals surface area contributed by atoms with E-state index in [0.29, 0.717) is 10.8 Å². The van der Waals surface area contributed by atoms with E-state index in [9.17, 15) is 0 Å². The van der Waals surface area contributed by atoms with Crippen molar-refractivity contribution in [1.82, 2.24) is 15.2 Å². The van der Waals surface area contributed by atoms with Gasteiger partial charge in [-0.3, -0.25) is 5.10 Å². The van der Waals surface area contributed by atoms with Gasteiger partial charge in [0.2, 0.25) is 5.16 Å². The molecule has 0 aliphatic heterocycles. The lowest BCUT2D eigenvalue weighted by Gasteiger charge is -2.05. The zero-order chi connectivity index (χ0) is 12.3. The molecule has 0 bridgehead atoms. The number of rotatable bonds is 4. The number of nitrogen functional groups attached to an aromatic ring is 1. The van der Waals surface area contributed by atoms with Crippen molar-refractivity contribution >= 4 is 17.4 Å². The lowest BCUT2D eigenvalue weighted by atomic mass is 10.3. The minimum Gasteiger partial charge on any atom is -0.497 e. The third kappa shape index (κ3) is 2.71. The highest BCUT2D eigenvalue weighted by Gasteiger charge is 2.07. The summed E-state index contributed by atoms with van der Waals surface area (Å²) in [6.07, 6.45) is 0.839. The summed E-state index contributed by atoms with van der Waals surface area (Å²) in [5.41, 5.74) is 6.58. The van der Waals surface area contributed by atoms with Gasteiger partial charge in [-0.15, -0.1) is 5.10 Å². The van der Waals surface area contributed by atoms with Crippen molar-refractivity contribution in [1.29, 1.82) is 0 Å². The van der Waals surface area contributed by atoms with E-state index >= 15 is 0 Å². The van der Waals surface area contributed by atoms with Crippen molar-refractivity contribution in [2.24, 2.45) is 0 Å². The van der Waals surface area contributed by atoms with Crippen LogP contribution < -0.4 is 10.5 Å². The SMILES string of the molecule is CCc1nc(Sc2ccc(OC)cc2N)n[nH]1. The van der Waals surface area contributed by atoms with Crippen LogP contribution >= 0.6 is 11.8 Å². The van der Waals surface area contributed by atoms with Gasteiger partial charge in [-0.05, 0) is 23.9 Å². The quantitative estimate of drug-likeness (QED) is 0.813.